The molecule has 102 valence electrons. The van der Waals surface area contributed by atoms with Crippen molar-refractivity contribution >= 4 is 35.5 Å². The van der Waals surface area contributed by atoms with Crippen molar-refractivity contribution in [3.05, 3.63) is 46.2 Å². The Balaban J connectivity index is 1.87. The fourth-order valence-electron chi connectivity index (χ4n) is 2.40. The van der Waals surface area contributed by atoms with Crippen molar-refractivity contribution in [2.75, 3.05) is 5.32 Å². The molecule has 2 aromatic rings. The largest absolute Gasteiger partial charge is 0.492 e. The Morgan fingerprint density at radius 3 is 2.90 bits per heavy atom. The highest BCUT2D eigenvalue weighted by Gasteiger charge is 2.40. The summed E-state index contributed by atoms with van der Waals surface area (Å²) in [5.41, 5.74) is 1.80. The topological polar surface area (TPSA) is 58.6 Å². The quantitative estimate of drug-likeness (QED) is 0.830. The van der Waals surface area contributed by atoms with Gasteiger partial charge in [-0.25, -0.2) is 0 Å². The van der Waals surface area contributed by atoms with Gasteiger partial charge >= 0.3 is 7.12 Å². The van der Waals surface area contributed by atoms with Crippen LogP contribution in [0.15, 0.2) is 35.7 Å². The standard InChI is InChI=1S/C14H14BNO3S/c1-14(2)10-6-5-9(8-11(10)15(18)19-14)16-13(17)12-4-3-7-20-12/h3-8,18H,1-2H3,(H,16,17). The first-order valence-corrected chi connectivity index (χ1v) is 7.20. The minimum atomic E-state index is -0.946. The predicted octanol–water partition coefficient (Wildman–Crippen LogP) is 1.95. The number of thiophene rings is 1. The molecule has 1 amide bonds. The van der Waals surface area contributed by atoms with Gasteiger partial charge in [-0.1, -0.05) is 12.1 Å². The summed E-state index contributed by atoms with van der Waals surface area (Å²) in [7, 11) is -0.946. The molecule has 6 heteroatoms. The Labute approximate surface area is 121 Å². The molecule has 0 unspecified atom stereocenters. The molecule has 0 aliphatic carbocycles. The van der Waals surface area contributed by atoms with Crippen molar-refractivity contribution in [3.8, 4) is 0 Å². The molecular formula is C14H14BNO3S. The summed E-state index contributed by atoms with van der Waals surface area (Å²) in [6.45, 7) is 3.82. The van der Waals surface area contributed by atoms with Crippen LogP contribution in [-0.2, 0) is 10.3 Å². The molecule has 0 fully saturated rings. The van der Waals surface area contributed by atoms with Gasteiger partial charge in [-0.2, -0.15) is 0 Å². The average Bonchev–Trinajstić information content (AvgIpc) is 2.97. The highest BCUT2D eigenvalue weighted by atomic mass is 32.1. The maximum atomic E-state index is 12.0. The van der Waals surface area contributed by atoms with E-state index in [2.05, 4.69) is 5.32 Å². The van der Waals surface area contributed by atoms with Gasteiger partial charge < -0.3 is 15.0 Å². The van der Waals surface area contributed by atoms with E-state index in [1.807, 2.05) is 37.4 Å². The summed E-state index contributed by atoms with van der Waals surface area (Å²) in [6.07, 6.45) is 0. The van der Waals surface area contributed by atoms with Gasteiger partial charge in [0.2, 0.25) is 0 Å². The van der Waals surface area contributed by atoms with E-state index in [1.54, 1.807) is 12.1 Å². The van der Waals surface area contributed by atoms with Crippen LogP contribution in [0.1, 0.15) is 29.1 Å². The third-order valence-electron chi connectivity index (χ3n) is 3.38. The zero-order valence-corrected chi connectivity index (χ0v) is 12.0. The van der Waals surface area contributed by atoms with Crippen LogP contribution in [0, 0.1) is 0 Å². The van der Waals surface area contributed by atoms with Gasteiger partial charge in [-0.05, 0) is 48.5 Å². The molecule has 3 rings (SSSR count). The molecule has 1 aromatic heterocycles. The number of rotatable bonds is 2. The van der Waals surface area contributed by atoms with Crippen LogP contribution in [0.25, 0.3) is 0 Å². The van der Waals surface area contributed by atoms with E-state index in [0.29, 0.717) is 16.0 Å². The van der Waals surface area contributed by atoms with E-state index in [-0.39, 0.29) is 5.91 Å². The SMILES string of the molecule is CC1(C)OB(O)c2cc(NC(=O)c3cccs3)ccc21. The van der Waals surface area contributed by atoms with E-state index in [0.717, 1.165) is 5.56 Å². The van der Waals surface area contributed by atoms with Crippen LogP contribution in [0.3, 0.4) is 0 Å². The van der Waals surface area contributed by atoms with Crippen LogP contribution in [0.5, 0.6) is 0 Å². The first kappa shape index (κ1) is 13.4. The molecule has 20 heavy (non-hydrogen) atoms. The minimum absolute atomic E-state index is 0.146. The van der Waals surface area contributed by atoms with E-state index in [4.69, 9.17) is 4.65 Å². The third kappa shape index (κ3) is 2.26. The summed E-state index contributed by atoms with van der Waals surface area (Å²) < 4.78 is 5.50. The number of hydrogen-bond donors (Lipinski definition) is 2. The van der Waals surface area contributed by atoms with Crippen LogP contribution in [0.4, 0.5) is 5.69 Å². The highest BCUT2D eigenvalue weighted by Crippen LogP contribution is 2.30. The maximum absolute atomic E-state index is 12.0. The summed E-state index contributed by atoms with van der Waals surface area (Å²) in [4.78, 5) is 12.6. The molecule has 0 bridgehead atoms. The van der Waals surface area contributed by atoms with Crippen LogP contribution in [0.2, 0.25) is 0 Å². The Hall–Kier alpha value is -1.63. The first-order chi connectivity index (χ1) is 9.47. The number of fused-ring (bicyclic) bond motifs is 1. The molecular weight excluding hydrogens is 273 g/mol. The van der Waals surface area contributed by atoms with Gasteiger partial charge in [0.15, 0.2) is 0 Å². The number of anilines is 1. The Morgan fingerprint density at radius 1 is 1.40 bits per heavy atom. The van der Waals surface area contributed by atoms with Gasteiger partial charge in [-0.3, -0.25) is 4.79 Å². The van der Waals surface area contributed by atoms with Crippen LogP contribution in [-0.4, -0.2) is 18.0 Å². The second-order valence-electron chi connectivity index (χ2n) is 5.21. The number of carbonyl (C=O) groups excluding carboxylic acids is 1. The maximum Gasteiger partial charge on any atom is 0.492 e. The Kier molecular flexibility index (Phi) is 3.16. The molecule has 0 radical (unpaired) electrons. The van der Waals surface area contributed by atoms with E-state index in [9.17, 15) is 9.82 Å². The van der Waals surface area contributed by atoms with Crippen molar-refractivity contribution in [1.82, 2.24) is 0 Å². The summed E-state index contributed by atoms with van der Waals surface area (Å²) in [5, 5.41) is 14.6. The molecule has 0 saturated heterocycles. The van der Waals surface area contributed by atoms with Gasteiger partial charge in [0, 0.05) is 5.69 Å². The van der Waals surface area contributed by atoms with Crippen molar-refractivity contribution in [2.45, 2.75) is 19.4 Å². The lowest BCUT2D eigenvalue weighted by molar-refractivity contribution is 0.101. The zero-order valence-electron chi connectivity index (χ0n) is 11.2. The summed E-state index contributed by atoms with van der Waals surface area (Å²) >= 11 is 1.39. The highest BCUT2D eigenvalue weighted by molar-refractivity contribution is 7.12. The first-order valence-electron chi connectivity index (χ1n) is 6.32. The van der Waals surface area contributed by atoms with Crippen molar-refractivity contribution in [2.24, 2.45) is 0 Å². The van der Waals surface area contributed by atoms with Crippen LogP contribution < -0.4 is 10.8 Å². The predicted molar refractivity (Wildman–Crippen MR) is 80.4 cm³/mol. The van der Waals surface area contributed by atoms with E-state index >= 15 is 0 Å². The molecule has 4 nitrogen and oxygen atoms in total. The van der Waals surface area contributed by atoms with E-state index < -0.39 is 12.7 Å². The Bertz CT molecular complexity index is 654. The van der Waals surface area contributed by atoms with Crippen LogP contribution >= 0.6 is 11.3 Å². The number of carbonyl (C=O) groups is 1. The average molecular weight is 287 g/mol. The molecule has 2 N–H and O–H groups in total. The molecule has 0 spiro atoms. The molecule has 1 aliphatic rings. The zero-order chi connectivity index (χ0) is 14.3. The fraction of sp³-hybridized carbons (Fsp3) is 0.214. The monoisotopic (exact) mass is 287 g/mol. The summed E-state index contributed by atoms with van der Waals surface area (Å²) in [6, 6.07) is 9.08. The van der Waals surface area contributed by atoms with Gasteiger partial charge in [0.05, 0.1) is 10.5 Å². The second-order valence-corrected chi connectivity index (χ2v) is 6.16. The molecule has 0 atom stereocenters. The summed E-state index contributed by atoms with van der Waals surface area (Å²) in [5.74, 6) is -0.146. The lowest BCUT2D eigenvalue weighted by Crippen LogP contribution is -2.29. The smallest absolute Gasteiger partial charge is 0.423 e. The number of hydrogen-bond acceptors (Lipinski definition) is 4. The third-order valence-corrected chi connectivity index (χ3v) is 4.24. The number of nitrogens with one attached hydrogen (secondary N) is 1. The van der Waals surface area contributed by atoms with Gasteiger partial charge in [0.25, 0.3) is 5.91 Å². The number of benzene rings is 1. The lowest BCUT2D eigenvalue weighted by atomic mass is 9.78. The molecule has 2 heterocycles. The second kappa shape index (κ2) is 4.73. The molecule has 1 aliphatic heterocycles. The minimum Gasteiger partial charge on any atom is -0.423 e. The fourth-order valence-corrected chi connectivity index (χ4v) is 3.02. The Morgan fingerprint density at radius 2 is 2.20 bits per heavy atom. The van der Waals surface area contributed by atoms with Crippen molar-refractivity contribution in [1.29, 1.82) is 0 Å². The van der Waals surface area contributed by atoms with Gasteiger partial charge in [0.1, 0.15) is 0 Å². The normalized spacial score (nSPS) is 16.1. The lowest BCUT2D eigenvalue weighted by Gasteiger charge is -2.19. The number of amides is 1. The van der Waals surface area contributed by atoms with E-state index in [1.165, 1.54) is 11.3 Å². The van der Waals surface area contributed by atoms with Crippen molar-refractivity contribution in [3.63, 3.8) is 0 Å². The molecule has 1 aromatic carbocycles. The molecule has 0 saturated carbocycles. The van der Waals surface area contributed by atoms with Crippen molar-refractivity contribution < 1.29 is 14.5 Å². The van der Waals surface area contributed by atoms with Gasteiger partial charge in [-0.15, -0.1) is 11.3 Å².